The van der Waals surface area contributed by atoms with Gasteiger partial charge in [0.2, 0.25) is 5.90 Å². The average Bonchev–Trinajstić information content (AvgIpc) is 3.13. The van der Waals surface area contributed by atoms with Crippen LogP contribution in [0.25, 0.3) is 0 Å². The number of halogens is 1. The van der Waals surface area contributed by atoms with Crippen LogP contribution in [0.2, 0.25) is 0 Å². The monoisotopic (exact) mass is 359 g/mol. The van der Waals surface area contributed by atoms with Gasteiger partial charge < -0.3 is 15.2 Å². The number of primary amides is 1. The maximum atomic E-state index is 14.7. The number of urea groups is 1. The summed E-state index contributed by atoms with van der Waals surface area (Å²) >= 11 is 0. The number of carbonyl (C=O) groups is 1. The highest BCUT2D eigenvalue weighted by Gasteiger charge is 2.24. The number of ether oxygens (including phenoxy) is 2. The molecule has 0 aliphatic carbocycles. The van der Waals surface area contributed by atoms with Crippen LogP contribution in [0.3, 0.4) is 0 Å². The van der Waals surface area contributed by atoms with Crippen molar-refractivity contribution < 1.29 is 23.9 Å². The Bertz CT molecular complexity index is 813. The number of carbonyl (C=O) groups excluding carboxylic acids is 1. The van der Waals surface area contributed by atoms with Gasteiger partial charge in [-0.05, 0) is 17.7 Å². The molecule has 26 heavy (non-hydrogen) atoms. The minimum Gasteiger partial charge on any atom is -0.489 e. The summed E-state index contributed by atoms with van der Waals surface area (Å²) in [6.45, 7) is 0.0221. The van der Waals surface area contributed by atoms with E-state index in [1.54, 1.807) is 12.1 Å². The second-order valence-corrected chi connectivity index (χ2v) is 5.60. The first-order chi connectivity index (χ1) is 12.6. The van der Waals surface area contributed by atoms with Gasteiger partial charge >= 0.3 is 6.03 Å². The largest absolute Gasteiger partial charge is 0.489 e. The molecule has 1 heterocycles. The van der Waals surface area contributed by atoms with Gasteiger partial charge in [0.15, 0.2) is 11.6 Å². The minimum absolute atomic E-state index is 0.0326. The highest BCUT2D eigenvalue weighted by Crippen LogP contribution is 2.28. The van der Waals surface area contributed by atoms with E-state index in [9.17, 15) is 14.4 Å². The van der Waals surface area contributed by atoms with E-state index in [1.165, 1.54) is 6.07 Å². The maximum Gasteiger partial charge on any atom is 0.338 e. The lowest BCUT2D eigenvalue weighted by atomic mass is 10.1. The van der Waals surface area contributed by atoms with E-state index in [2.05, 4.69) is 4.99 Å². The number of benzene rings is 2. The van der Waals surface area contributed by atoms with Gasteiger partial charge in [-0.15, -0.1) is 0 Å². The van der Waals surface area contributed by atoms with Crippen molar-refractivity contribution in [2.45, 2.75) is 6.04 Å². The molecule has 7 nitrogen and oxygen atoms in total. The molecule has 0 unspecified atom stereocenters. The third-order valence-electron chi connectivity index (χ3n) is 3.84. The molecule has 1 aliphatic rings. The lowest BCUT2D eigenvalue weighted by Crippen LogP contribution is -2.35. The van der Waals surface area contributed by atoms with E-state index in [1.807, 2.05) is 30.3 Å². The van der Waals surface area contributed by atoms with Crippen LogP contribution in [0.5, 0.6) is 5.75 Å². The van der Waals surface area contributed by atoms with E-state index in [0.29, 0.717) is 6.61 Å². The first-order valence-corrected chi connectivity index (χ1v) is 7.99. The molecule has 2 amide bonds. The zero-order valence-electron chi connectivity index (χ0n) is 13.8. The van der Waals surface area contributed by atoms with E-state index in [0.717, 1.165) is 5.56 Å². The lowest BCUT2D eigenvalue weighted by Gasteiger charge is -2.13. The van der Waals surface area contributed by atoms with E-state index in [4.69, 9.17) is 15.2 Å². The van der Waals surface area contributed by atoms with Gasteiger partial charge in [-0.1, -0.05) is 36.4 Å². The van der Waals surface area contributed by atoms with Gasteiger partial charge in [-0.3, -0.25) is 5.21 Å². The van der Waals surface area contributed by atoms with Crippen molar-refractivity contribution in [2.75, 3.05) is 19.8 Å². The zero-order chi connectivity index (χ0) is 18.5. The maximum absolute atomic E-state index is 14.7. The predicted molar refractivity (Wildman–Crippen MR) is 91.6 cm³/mol. The summed E-state index contributed by atoms with van der Waals surface area (Å²) < 4.78 is 25.5. The molecule has 0 bridgehead atoms. The number of nitrogens with two attached hydrogens (primary N) is 1. The van der Waals surface area contributed by atoms with E-state index < -0.39 is 11.8 Å². The predicted octanol–water partition coefficient (Wildman–Crippen LogP) is 2.49. The van der Waals surface area contributed by atoms with Gasteiger partial charge in [0.25, 0.3) is 0 Å². The quantitative estimate of drug-likeness (QED) is 0.612. The van der Waals surface area contributed by atoms with Crippen LogP contribution < -0.4 is 10.5 Å². The number of amides is 2. The summed E-state index contributed by atoms with van der Waals surface area (Å²) in [6, 6.07) is 13.0. The standard InChI is InChI=1S/C18H18FN3O4/c19-16-13(7-4-8-15(16)25-10-9-22(24)18(20)23)17-21-14(11-26-17)12-5-2-1-3-6-12/h1-8,14,24H,9-11H2,(H2,20,23)/t14-/m0/s1. The molecule has 2 aromatic rings. The fourth-order valence-corrected chi connectivity index (χ4v) is 2.51. The minimum atomic E-state index is -1.01. The summed E-state index contributed by atoms with van der Waals surface area (Å²) in [5.41, 5.74) is 6.07. The Morgan fingerprint density at radius 2 is 2.08 bits per heavy atom. The van der Waals surface area contributed by atoms with Crippen molar-refractivity contribution >= 4 is 11.9 Å². The molecule has 3 rings (SSSR count). The lowest BCUT2D eigenvalue weighted by molar-refractivity contribution is -0.0466. The molecule has 0 aromatic heterocycles. The Labute approximate surface area is 149 Å². The number of rotatable bonds is 6. The molecule has 1 atom stereocenters. The van der Waals surface area contributed by atoms with Gasteiger partial charge in [-0.25, -0.2) is 19.2 Å². The van der Waals surface area contributed by atoms with Gasteiger partial charge in [0, 0.05) is 0 Å². The molecule has 1 aliphatic heterocycles. The Morgan fingerprint density at radius 3 is 2.81 bits per heavy atom. The number of hydrogen-bond donors (Lipinski definition) is 2. The van der Waals surface area contributed by atoms with Crippen LogP contribution in [0.4, 0.5) is 9.18 Å². The van der Waals surface area contributed by atoms with Gasteiger partial charge in [0.05, 0.1) is 12.1 Å². The number of hydroxylamine groups is 2. The molecular formula is C18H18FN3O4. The van der Waals surface area contributed by atoms with Crippen molar-refractivity contribution in [2.24, 2.45) is 10.7 Å². The molecule has 2 aromatic carbocycles. The number of aliphatic imine (C=N–C) groups is 1. The van der Waals surface area contributed by atoms with E-state index >= 15 is 0 Å². The van der Waals surface area contributed by atoms with Crippen molar-refractivity contribution in [1.82, 2.24) is 5.06 Å². The highest BCUT2D eigenvalue weighted by atomic mass is 19.1. The van der Waals surface area contributed by atoms with E-state index in [-0.39, 0.29) is 41.5 Å². The molecule has 0 radical (unpaired) electrons. The summed E-state index contributed by atoms with van der Waals surface area (Å²) in [7, 11) is 0. The SMILES string of the molecule is NC(=O)N(O)CCOc1cccc(C2=N[C@H](c3ccccc3)CO2)c1F. The topological polar surface area (TPSA) is 97.4 Å². The highest BCUT2D eigenvalue weighted by molar-refractivity contribution is 5.96. The molecule has 0 fully saturated rings. The van der Waals surface area contributed by atoms with Gasteiger partial charge in [0.1, 0.15) is 19.3 Å². The third kappa shape index (κ3) is 3.92. The van der Waals surface area contributed by atoms with Crippen LogP contribution in [0, 0.1) is 5.82 Å². The molecule has 136 valence electrons. The first-order valence-electron chi connectivity index (χ1n) is 7.99. The Kier molecular flexibility index (Phi) is 5.33. The summed E-state index contributed by atoms with van der Waals surface area (Å²) in [6.07, 6.45) is 0. The first kappa shape index (κ1) is 17.7. The molecule has 0 saturated heterocycles. The number of nitrogens with zero attached hydrogens (tertiary/aromatic N) is 2. The van der Waals surface area contributed by atoms with Crippen LogP contribution in [0.15, 0.2) is 53.5 Å². The fraction of sp³-hybridized carbons (Fsp3) is 0.222. The molecular weight excluding hydrogens is 341 g/mol. The second kappa shape index (κ2) is 7.83. The normalized spacial score (nSPS) is 15.9. The van der Waals surface area contributed by atoms with Crippen molar-refractivity contribution in [3.63, 3.8) is 0 Å². The summed E-state index contributed by atoms with van der Waals surface area (Å²) in [4.78, 5) is 15.2. The van der Waals surface area contributed by atoms with Crippen LogP contribution in [-0.4, -0.2) is 42.0 Å². The molecule has 3 N–H and O–H groups in total. The Hall–Kier alpha value is -3.13. The second-order valence-electron chi connectivity index (χ2n) is 5.60. The van der Waals surface area contributed by atoms with Crippen LogP contribution in [-0.2, 0) is 4.74 Å². The fourth-order valence-electron chi connectivity index (χ4n) is 2.51. The molecule has 0 saturated carbocycles. The van der Waals surface area contributed by atoms with Crippen molar-refractivity contribution in [1.29, 1.82) is 0 Å². The summed E-state index contributed by atoms with van der Waals surface area (Å²) in [5, 5.41) is 9.47. The molecule has 0 spiro atoms. The van der Waals surface area contributed by atoms with Crippen molar-refractivity contribution in [3.05, 3.63) is 65.5 Å². The van der Waals surface area contributed by atoms with Crippen molar-refractivity contribution in [3.8, 4) is 5.75 Å². The Balaban J connectivity index is 1.72. The zero-order valence-corrected chi connectivity index (χ0v) is 13.8. The number of hydrogen-bond acceptors (Lipinski definition) is 5. The molecule has 8 heteroatoms. The van der Waals surface area contributed by atoms with Crippen LogP contribution in [0.1, 0.15) is 17.2 Å². The Morgan fingerprint density at radius 1 is 1.31 bits per heavy atom. The van der Waals surface area contributed by atoms with Crippen LogP contribution >= 0.6 is 0 Å². The third-order valence-corrected chi connectivity index (χ3v) is 3.84. The smallest absolute Gasteiger partial charge is 0.338 e. The average molecular weight is 359 g/mol. The summed E-state index contributed by atoms with van der Waals surface area (Å²) in [5.74, 6) is -0.443. The van der Waals surface area contributed by atoms with Gasteiger partial charge in [-0.2, -0.15) is 0 Å².